The van der Waals surface area contributed by atoms with Crippen LogP contribution in [0.2, 0.25) is 0 Å². The van der Waals surface area contributed by atoms with Crippen LogP contribution in [0.15, 0.2) is 78.9 Å². The van der Waals surface area contributed by atoms with Crippen LogP contribution in [0.5, 0.6) is 0 Å². The van der Waals surface area contributed by atoms with E-state index in [-0.39, 0.29) is 35.4 Å². The number of hydrogen-bond donors (Lipinski definition) is 0. The average Bonchev–Trinajstić information content (AvgIpc) is 3.16. The largest absolute Gasteiger partial charge is 0.345 e. The summed E-state index contributed by atoms with van der Waals surface area (Å²) in [5.41, 5.74) is 1.18. The standard InChI is InChI=1S/C27H21F4NO/c1-32-18(15-20-22(28)9-5-10-23(20)29)13-14-26(32)27(33)19(17-7-3-2-4-8-17)16-21-24(30)11-6-12-25(21)31/h2-14,19H,15-16H2,1H3. The summed E-state index contributed by atoms with van der Waals surface area (Å²) in [6.45, 7) is 0. The molecule has 0 saturated heterocycles. The summed E-state index contributed by atoms with van der Waals surface area (Å²) in [6.07, 6.45) is -0.204. The first-order chi connectivity index (χ1) is 15.9. The first-order valence-corrected chi connectivity index (χ1v) is 10.5. The zero-order valence-corrected chi connectivity index (χ0v) is 17.9. The molecule has 168 valence electrons. The molecule has 1 heterocycles. The van der Waals surface area contributed by atoms with E-state index in [2.05, 4.69) is 0 Å². The van der Waals surface area contributed by atoms with Crippen molar-refractivity contribution in [3.05, 3.63) is 130 Å². The summed E-state index contributed by atoms with van der Waals surface area (Å²) in [7, 11) is 1.63. The van der Waals surface area contributed by atoms with Crippen LogP contribution in [-0.4, -0.2) is 10.4 Å². The van der Waals surface area contributed by atoms with Gasteiger partial charge < -0.3 is 4.57 Å². The molecule has 0 aliphatic heterocycles. The molecule has 6 heteroatoms. The van der Waals surface area contributed by atoms with Gasteiger partial charge in [-0.05, 0) is 48.4 Å². The van der Waals surface area contributed by atoms with Crippen molar-refractivity contribution in [2.24, 2.45) is 7.05 Å². The van der Waals surface area contributed by atoms with Gasteiger partial charge in [-0.3, -0.25) is 4.79 Å². The van der Waals surface area contributed by atoms with Gasteiger partial charge in [0.2, 0.25) is 0 Å². The van der Waals surface area contributed by atoms with Crippen molar-refractivity contribution in [3.63, 3.8) is 0 Å². The summed E-state index contributed by atoms with van der Waals surface area (Å²) in [5.74, 6) is -3.95. The molecule has 0 fully saturated rings. The van der Waals surface area contributed by atoms with Crippen molar-refractivity contribution >= 4 is 5.78 Å². The number of halogens is 4. The van der Waals surface area contributed by atoms with Crippen molar-refractivity contribution in [3.8, 4) is 0 Å². The molecule has 0 saturated carbocycles. The third-order valence-electron chi connectivity index (χ3n) is 5.89. The molecule has 33 heavy (non-hydrogen) atoms. The second kappa shape index (κ2) is 9.45. The van der Waals surface area contributed by atoms with Gasteiger partial charge in [-0.25, -0.2) is 17.6 Å². The number of aromatic nitrogens is 1. The zero-order chi connectivity index (χ0) is 23.5. The summed E-state index contributed by atoms with van der Waals surface area (Å²) >= 11 is 0. The first kappa shape index (κ1) is 22.5. The maximum absolute atomic E-state index is 14.4. The topological polar surface area (TPSA) is 22.0 Å². The SMILES string of the molecule is Cn1c(Cc2c(F)cccc2F)ccc1C(=O)C(Cc1c(F)cccc1F)c1ccccc1. The summed E-state index contributed by atoms with van der Waals surface area (Å²) in [5, 5.41) is 0. The van der Waals surface area contributed by atoms with Crippen molar-refractivity contribution < 1.29 is 22.4 Å². The van der Waals surface area contributed by atoms with Gasteiger partial charge in [0.1, 0.15) is 23.3 Å². The third kappa shape index (κ3) is 4.60. The van der Waals surface area contributed by atoms with Crippen LogP contribution in [0.4, 0.5) is 17.6 Å². The van der Waals surface area contributed by atoms with Crippen LogP contribution in [0.1, 0.15) is 38.8 Å². The Labute approximate surface area is 189 Å². The Kier molecular flexibility index (Phi) is 6.45. The lowest BCUT2D eigenvalue weighted by Crippen LogP contribution is -2.20. The van der Waals surface area contributed by atoms with Crippen LogP contribution in [0, 0.1) is 23.3 Å². The molecule has 0 spiro atoms. The minimum absolute atomic E-state index is 0.0414. The van der Waals surface area contributed by atoms with E-state index in [1.807, 2.05) is 0 Å². The van der Waals surface area contributed by atoms with Crippen LogP contribution in [0.25, 0.3) is 0 Å². The third-order valence-corrected chi connectivity index (χ3v) is 5.89. The molecule has 0 amide bonds. The van der Waals surface area contributed by atoms with Crippen LogP contribution < -0.4 is 0 Å². The Morgan fingerprint density at radius 2 is 1.27 bits per heavy atom. The van der Waals surface area contributed by atoms with Crippen LogP contribution in [-0.2, 0) is 19.9 Å². The number of nitrogens with zero attached hydrogens (tertiary/aromatic N) is 1. The normalized spacial score (nSPS) is 12.0. The number of rotatable bonds is 7. The molecular formula is C27H21F4NO. The summed E-state index contributed by atoms with van der Waals surface area (Å²) in [6, 6.07) is 19.2. The molecular weight excluding hydrogens is 430 g/mol. The Balaban J connectivity index is 1.70. The minimum atomic E-state index is -0.843. The first-order valence-electron chi connectivity index (χ1n) is 10.5. The van der Waals surface area contributed by atoms with Crippen molar-refractivity contribution in [2.45, 2.75) is 18.8 Å². The Morgan fingerprint density at radius 1 is 0.727 bits per heavy atom. The van der Waals surface area contributed by atoms with Gasteiger partial charge in [0.05, 0.1) is 11.6 Å². The van der Waals surface area contributed by atoms with Crippen molar-refractivity contribution in [2.75, 3.05) is 0 Å². The molecule has 0 aliphatic carbocycles. The smallest absolute Gasteiger partial charge is 0.186 e. The number of carbonyl (C=O) groups is 1. The van der Waals surface area contributed by atoms with E-state index in [0.717, 1.165) is 12.1 Å². The molecule has 1 aromatic heterocycles. The highest BCUT2D eigenvalue weighted by Gasteiger charge is 2.27. The van der Waals surface area contributed by atoms with E-state index in [0.29, 0.717) is 11.3 Å². The van der Waals surface area contributed by atoms with Gasteiger partial charge in [-0.15, -0.1) is 0 Å². The summed E-state index contributed by atoms with van der Waals surface area (Å²) in [4.78, 5) is 13.6. The lowest BCUT2D eigenvalue weighted by Gasteiger charge is -2.18. The van der Waals surface area contributed by atoms with Gasteiger partial charge in [0, 0.05) is 30.3 Å². The fourth-order valence-corrected chi connectivity index (χ4v) is 4.02. The van der Waals surface area contributed by atoms with Gasteiger partial charge >= 0.3 is 0 Å². The second-order valence-corrected chi connectivity index (χ2v) is 7.88. The molecule has 1 unspecified atom stereocenters. The van der Waals surface area contributed by atoms with E-state index >= 15 is 0 Å². The van der Waals surface area contributed by atoms with Crippen molar-refractivity contribution in [1.82, 2.24) is 4.57 Å². The van der Waals surface area contributed by atoms with E-state index in [1.165, 1.54) is 24.3 Å². The van der Waals surface area contributed by atoms with Crippen LogP contribution in [0.3, 0.4) is 0 Å². The Hall–Kier alpha value is -3.67. The number of carbonyl (C=O) groups excluding carboxylic acids is 1. The van der Waals surface area contributed by atoms with Gasteiger partial charge in [0.25, 0.3) is 0 Å². The highest BCUT2D eigenvalue weighted by molar-refractivity contribution is 6.00. The molecule has 0 radical (unpaired) electrons. The van der Waals surface area contributed by atoms with E-state index in [4.69, 9.17) is 0 Å². The number of Topliss-reactive ketones (excluding diaryl/α,β-unsaturated/α-hetero) is 1. The monoisotopic (exact) mass is 451 g/mol. The number of benzene rings is 3. The molecule has 2 nitrogen and oxygen atoms in total. The molecule has 1 atom stereocenters. The number of hydrogen-bond acceptors (Lipinski definition) is 1. The highest BCUT2D eigenvalue weighted by atomic mass is 19.1. The van der Waals surface area contributed by atoms with Gasteiger partial charge in [0.15, 0.2) is 5.78 Å². The lowest BCUT2D eigenvalue weighted by molar-refractivity contribution is 0.0950. The predicted octanol–water partition coefficient (Wildman–Crippen LogP) is 6.38. The maximum atomic E-state index is 14.4. The quantitative estimate of drug-likeness (QED) is 0.236. The minimum Gasteiger partial charge on any atom is -0.345 e. The highest BCUT2D eigenvalue weighted by Crippen LogP contribution is 2.29. The van der Waals surface area contributed by atoms with Gasteiger partial charge in [-0.1, -0.05) is 42.5 Å². The van der Waals surface area contributed by atoms with E-state index < -0.39 is 29.2 Å². The molecule has 4 aromatic rings. The van der Waals surface area contributed by atoms with Crippen molar-refractivity contribution in [1.29, 1.82) is 0 Å². The summed E-state index contributed by atoms with van der Waals surface area (Å²) < 4.78 is 58.5. The maximum Gasteiger partial charge on any atom is 0.186 e. The van der Waals surface area contributed by atoms with Crippen LogP contribution >= 0.6 is 0 Å². The molecule has 0 bridgehead atoms. The van der Waals surface area contributed by atoms with E-state index in [1.54, 1.807) is 54.1 Å². The van der Waals surface area contributed by atoms with Gasteiger partial charge in [-0.2, -0.15) is 0 Å². The lowest BCUT2D eigenvalue weighted by atomic mass is 9.87. The molecule has 0 aliphatic rings. The molecule has 0 N–H and O–H groups in total. The average molecular weight is 451 g/mol. The predicted molar refractivity (Wildman–Crippen MR) is 118 cm³/mol. The number of ketones is 1. The fraction of sp³-hybridized carbons (Fsp3) is 0.148. The fourth-order valence-electron chi connectivity index (χ4n) is 4.02. The second-order valence-electron chi connectivity index (χ2n) is 7.88. The zero-order valence-electron chi connectivity index (χ0n) is 17.9. The molecule has 4 rings (SSSR count). The molecule has 3 aromatic carbocycles. The Bertz CT molecular complexity index is 1260. The Morgan fingerprint density at radius 3 is 1.85 bits per heavy atom. The van der Waals surface area contributed by atoms with E-state index in [9.17, 15) is 22.4 Å².